The first-order chi connectivity index (χ1) is 2.50. The largest absolute Gasteiger partial charge is 0.253 e. The van der Waals surface area contributed by atoms with Crippen LogP contribution in [0, 0.1) is 0 Å². The summed E-state index contributed by atoms with van der Waals surface area (Å²) < 4.78 is 3.10. The molecule has 0 unspecified atom stereocenters. The average molecular weight is 107 g/mol. The molecule has 0 radical (unpaired) electrons. The molecule has 1 heterocycles. The molecule has 0 spiro atoms. The molecule has 1 nitrogen and oxygen atoms in total. The summed E-state index contributed by atoms with van der Waals surface area (Å²) in [4.78, 5) is 0. The Balaban J connectivity index is 2.08. The van der Waals surface area contributed by atoms with E-state index >= 15 is 0 Å². The van der Waals surface area contributed by atoms with Crippen LogP contribution in [-0.4, -0.2) is 11.0 Å². The SMILES string of the molecule is C1NSCS1. The Morgan fingerprint density at radius 2 is 2.60 bits per heavy atom. The molecule has 3 heteroatoms. The van der Waals surface area contributed by atoms with Crippen molar-refractivity contribution in [1.29, 1.82) is 0 Å². The van der Waals surface area contributed by atoms with Gasteiger partial charge in [0.1, 0.15) is 0 Å². The summed E-state index contributed by atoms with van der Waals surface area (Å²) in [5, 5.41) is 1.22. The molecule has 0 aromatic rings. The molecule has 0 saturated carbocycles. The van der Waals surface area contributed by atoms with Crippen molar-refractivity contribution in [3.8, 4) is 0 Å². The van der Waals surface area contributed by atoms with E-state index in [2.05, 4.69) is 4.72 Å². The Bertz CT molecular complexity index is 19.2. The van der Waals surface area contributed by atoms with Crippen molar-refractivity contribution in [3.63, 3.8) is 0 Å². The minimum atomic E-state index is 1.13. The highest BCUT2D eigenvalue weighted by molar-refractivity contribution is 8.17. The lowest BCUT2D eigenvalue weighted by molar-refractivity contribution is 1.26. The van der Waals surface area contributed by atoms with Gasteiger partial charge in [-0.3, -0.25) is 4.72 Å². The second kappa shape index (κ2) is 1.95. The Morgan fingerprint density at radius 1 is 1.60 bits per heavy atom. The highest BCUT2D eigenvalue weighted by Gasteiger charge is 1.94. The third kappa shape index (κ3) is 1.03. The van der Waals surface area contributed by atoms with E-state index in [9.17, 15) is 0 Å². The molecule has 0 bridgehead atoms. The van der Waals surface area contributed by atoms with E-state index < -0.39 is 0 Å². The number of rotatable bonds is 0. The molecule has 30 valence electrons. The molecular formula is C2H5NS2. The Morgan fingerprint density at radius 3 is 2.80 bits per heavy atom. The summed E-state index contributed by atoms with van der Waals surface area (Å²) in [5.41, 5.74) is 0. The third-order valence-corrected chi connectivity index (χ3v) is 2.42. The van der Waals surface area contributed by atoms with Crippen LogP contribution < -0.4 is 4.72 Å². The van der Waals surface area contributed by atoms with Crippen LogP contribution in [0.2, 0.25) is 0 Å². The normalized spacial score (nSPS) is 24.0. The van der Waals surface area contributed by atoms with Gasteiger partial charge in [-0.05, 0) is 0 Å². The van der Waals surface area contributed by atoms with Crippen LogP contribution >= 0.6 is 23.7 Å². The molecule has 1 rings (SSSR count). The van der Waals surface area contributed by atoms with Crippen molar-refractivity contribution in [2.75, 3.05) is 11.0 Å². The molecular weight excluding hydrogens is 102 g/mol. The van der Waals surface area contributed by atoms with Crippen LogP contribution in [0.5, 0.6) is 0 Å². The van der Waals surface area contributed by atoms with E-state index in [-0.39, 0.29) is 0 Å². The summed E-state index contributed by atoms with van der Waals surface area (Å²) in [6.07, 6.45) is 0. The lowest BCUT2D eigenvalue weighted by Gasteiger charge is -1.73. The van der Waals surface area contributed by atoms with E-state index in [1.54, 1.807) is 11.9 Å². The molecule has 0 amide bonds. The van der Waals surface area contributed by atoms with E-state index in [0.29, 0.717) is 0 Å². The Labute approximate surface area is 40.0 Å². The van der Waals surface area contributed by atoms with Crippen molar-refractivity contribution in [1.82, 2.24) is 4.72 Å². The van der Waals surface area contributed by atoms with Crippen molar-refractivity contribution in [2.45, 2.75) is 0 Å². The Hall–Kier alpha value is 0.660. The first kappa shape index (κ1) is 3.84. The van der Waals surface area contributed by atoms with Gasteiger partial charge >= 0.3 is 0 Å². The standard InChI is InChI=1S/C2H5NS2/c1-3-5-2-4-1/h3H,1-2H2. The van der Waals surface area contributed by atoms with Crippen molar-refractivity contribution >= 4 is 23.7 Å². The molecule has 0 atom stereocenters. The summed E-state index contributed by atoms with van der Waals surface area (Å²) >= 11 is 3.71. The van der Waals surface area contributed by atoms with Gasteiger partial charge in [-0.25, -0.2) is 0 Å². The molecule has 1 saturated heterocycles. The van der Waals surface area contributed by atoms with E-state index in [1.165, 1.54) is 5.08 Å². The van der Waals surface area contributed by atoms with Crippen LogP contribution in [0.1, 0.15) is 0 Å². The second-order valence-electron chi connectivity index (χ2n) is 0.755. The second-order valence-corrected chi connectivity index (χ2v) is 2.97. The van der Waals surface area contributed by atoms with Crippen molar-refractivity contribution in [3.05, 3.63) is 0 Å². The smallest absolute Gasteiger partial charge is 0.0551 e. The van der Waals surface area contributed by atoms with E-state index in [1.807, 2.05) is 11.8 Å². The van der Waals surface area contributed by atoms with Crippen LogP contribution in [0.15, 0.2) is 0 Å². The maximum atomic E-state index is 3.10. The maximum absolute atomic E-state index is 3.10. The van der Waals surface area contributed by atoms with Gasteiger partial charge in [-0.15, -0.1) is 11.8 Å². The predicted octanol–water partition coefficient (Wildman–Crippen LogP) is 0.886. The third-order valence-electron chi connectivity index (χ3n) is 0.405. The highest BCUT2D eigenvalue weighted by Crippen LogP contribution is 2.14. The molecule has 0 aliphatic carbocycles. The quantitative estimate of drug-likeness (QED) is 0.462. The zero-order chi connectivity index (χ0) is 3.54. The highest BCUT2D eigenvalue weighted by atomic mass is 32.2. The number of hydrogen-bond acceptors (Lipinski definition) is 3. The zero-order valence-corrected chi connectivity index (χ0v) is 4.36. The fourth-order valence-electron chi connectivity index (χ4n) is 0.208. The first-order valence-electron chi connectivity index (χ1n) is 1.42. The topological polar surface area (TPSA) is 12.0 Å². The van der Waals surface area contributed by atoms with Crippen LogP contribution in [0.25, 0.3) is 0 Å². The molecule has 1 fully saturated rings. The van der Waals surface area contributed by atoms with Gasteiger partial charge in [0.25, 0.3) is 0 Å². The molecule has 1 N–H and O–H groups in total. The van der Waals surface area contributed by atoms with Gasteiger partial charge in [0.2, 0.25) is 0 Å². The summed E-state index contributed by atoms with van der Waals surface area (Å²) in [7, 11) is 0. The summed E-state index contributed by atoms with van der Waals surface area (Å²) in [6.45, 7) is 0. The monoisotopic (exact) mass is 107 g/mol. The van der Waals surface area contributed by atoms with Crippen LogP contribution in [-0.2, 0) is 0 Å². The maximum Gasteiger partial charge on any atom is 0.0551 e. The summed E-state index contributed by atoms with van der Waals surface area (Å²) in [6, 6.07) is 0. The molecule has 0 aromatic heterocycles. The molecule has 0 aromatic carbocycles. The first-order valence-corrected chi connectivity index (χ1v) is 3.56. The zero-order valence-electron chi connectivity index (χ0n) is 2.73. The number of hydrogen-bond donors (Lipinski definition) is 1. The van der Waals surface area contributed by atoms with Gasteiger partial charge < -0.3 is 0 Å². The lowest BCUT2D eigenvalue weighted by Crippen LogP contribution is -1.89. The van der Waals surface area contributed by atoms with Gasteiger partial charge in [0.05, 0.1) is 11.0 Å². The summed E-state index contributed by atoms with van der Waals surface area (Å²) in [5.74, 6) is 1.13. The van der Waals surface area contributed by atoms with Crippen molar-refractivity contribution < 1.29 is 0 Å². The predicted molar refractivity (Wildman–Crippen MR) is 28.1 cm³/mol. The van der Waals surface area contributed by atoms with E-state index in [4.69, 9.17) is 0 Å². The van der Waals surface area contributed by atoms with Gasteiger partial charge in [-0.1, -0.05) is 11.9 Å². The molecule has 1 aliphatic rings. The minimum Gasteiger partial charge on any atom is -0.253 e. The number of nitrogens with one attached hydrogen (secondary N) is 1. The molecule has 1 aliphatic heterocycles. The van der Waals surface area contributed by atoms with Gasteiger partial charge in [0, 0.05) is 0 Å². The van der Waals surface area contributed by atoms with Gasteiger partial charge in [-0.2, -0.15) is 0 Å². The van der Waals surface area contributed by atoms with Crippen LogP contribution in [0.4, 0.5) is 0 Å². The average Bonchev–Trinajstić information content (AvgIpc) is 1.76. The fourth-order valence-corrected chi connectivity index (χ4v) is 1.87. The Kier molecular flexibility index (Phi) is 1.50. The molecule has 5 heavy (non-hydrogen) atoms. The van der Waals surface area contributed by atoms with E-state index in [0.717, 1.165) is 5.88 Å². The fraction of sp³-hybridized carbons (Fsp3) is 1.00. The van der Waals surface area contributed by atoms with Crippen molar-refractivity contribution in [2.24, 2.45) is 0 Å². The lowest BCUT2D eigenvalue weighted by atomic mass is 11.5. The number of thioether (sulfide) groups is 1. The minimum absolute atomic E-state index is 1.13. The van der Waals surface area contributed by atoms with Crippen LogP contribution in [0.3, 0.4) is 0 Å². The van der Waals surface area contributed by atoms with Gasteiger partial charge in [0.15, 0.2) is 0 Å².